The van der Waals surface area contributed by atoms with Gasteiger partial charge in [0.15, 0.2) is 83.2 Å². The smallest absolute Gasteiger partial charge is 0.314 e. The summed E-state index contributed by atoms with van der Waals surface area (Å²) in [6, 6.07) is 4.90. The van der Waals surface area contributed by atoms with E-state index >= 15 is 0 Å². The molecule has 0 aromatic carbocycles. The van der Waals surface area contributed by atoms with Gasteiger partial charge in [-0.05, 0) is 311 Å². The molecule has 10 N–H and O–H groups in total. The lowest BCUT2D eigenvalue weighted by atomic mass is 10.2. The Balaban J connectivity index is -0.000000430. The van der Waals surface area contributed by atoms with Crippen molar-refractivity contribution >= 4 is 126 Å². The molecule has 6 atom stereocenters. The van der Waals surface area contributed by atoms with Crippen molar-refractivity contribution in [2.24, 2.45) is 0 Å². The summed E-state index contributed by atoms with van der Waals surface area (Å²) in [7, 11) is -26.9. The Kier molecular flexibility index (Phi) is 65.7. The van der Waals surface area contributed by atoms with E-state index in [0.717, 1.165) is 101 Å². The van der Waals surface area contributed by atoms with Gasteiger partial charge in [-0.25, -0.2) is 0 Å². The molecule has 25 nitrogen and oxygen atoms in total. The molecule has 113 heavy (non-hydrogen) atoms. The Bertz CT molecular complexity index is 2140. The van der Waals surface area contributed by atoms with Crippen molar-refractivity contribution in [2.45, 2.75) is 380 Å². The average molecular weight is 1890 g/mol. The van der Waals surface area contributed by atoms with E-state index in [1.165, 1.54) is 0 Å². The largest absolute Gasteiger partial charge is 0.437 e. The topological polar surface area (TPSA) is 341 Å². The molecule has 0 saturated heterocycles. The van der Waals surface area contributed by atoms with Gasteiger partial charge in [0.1, 0.15) is 24.4 Å². The number of ether oxygens (including phenoxy) is 5. The van der Waals surface area contributed by atoms with Gasteiger partial charge in [0, 0.05) is 39.6 Å². The lowest BCUT2D eigenvalue weighted by molar-refractivity contribution is -0.0303. The standard InChI is InChI=1S/C16H40O5Si3.C15H38O5Si3.3C14H36O5Si3/c1-22(2,3)20-24(7,21-23(4,5)6)13-11-9-8-10-12-19-15-16(18)14-17;1-21(2,3)19-23(7,20-22(4,5)6)12-10-8-9-11-18-14-15(17)13-16;1-13(15)14(16)12-17-10-9-11-22(8,18-20(2,3)4)19-21(5,6)7;1-20(2,3)18-22(7,19-21(4,5)6)12-8-10-17-11-9-14(16)13-15;1-20(2,3)18-22(7,19-21(4,5)6)11-9-8-10-17-13-14(16)12-15/h16-18H,8-15H2,1-7H3;15-17H,8-14H2,1-7H3;13-16H,9-12H2,1-8H3;2*14-16H,8-13H2,1-7H3. The van der Waals surface area contributed by atoms with Gasteiger partial charge in [0.2, 0.25) is 0 Å². The molecular formula is C73H186O25Si15. The molecule has 0 amide bonds. The van der Waals surface area contributed by atoms with Gasteiger partial charge in [-0.15, -0.1) is 0 Å². The molecule has 40 heteroatoms. The van der Waals surface area contributed by atoms with Crippen LogP contribution in [-0.2, 0) is 64.8 Å². The molecule has 6 unspecified atom stereocenters. The number of hydrogen-bond acceptors (Lipinski definition) is 25. The van der Waals surface area contributed by atoms with Crippen molar-refractivity contribution in [1.29, 1.82) is 0 Å². The molecular weight excluding hydrogens is 1700 g/mol. The minimum Gasteiger partial charge on any atom is -0.437 e. The lowest BCUT2D eigenvalue weighted by Gasteiger charge is -2.38. The van der Waals surface area contributed by atoms with Crippen LogP contribution in [0.3, 0.4) is 0 Å². The molecule has 0 aliphatic carbocycles. The maximum atomic E-state index is 9.49. The zero-order chi connectivity index (χ0) is 89.5. The molecule has 0 bridgehead atoms. The highest BCUT2D eigenvalue weighted by molar-refractivity contribution is 6.91. The van der Waals surface area contributed by atoms with E-state index in [1.54, 1.807) is 6.92 Å². The van der Waals surface area contributed by atoms with Gasteiger partial charge >= 0.3 is 42.8 Å². The quantitative estimate of drug-likeness (QED) is 0.0200. The van der Waals surface area contributed by atoms with Crippen molar-refractivity contribution in [1.82, 2.24) is 0 Å². The maximum Gasteiger partial charge on any atom is 0.314 e. The fraction of sp³-hybridized carbons (Fsp3) is 1.00. The molecule has 0 radical (unpaired) electrons. The van der Waals surface area contributed by atoms with Crippen molar-refractivity contribution < 1.29 is 116 Å². The molecule has 0 heterocycles. The summed E-state index contributed by atoms with van der Waals surface area (Å²) in [5, 5.41) is 90.4. The Labute approximate surface area is 709 Å². The summed E-state index contributed by atoms with van der Waals surface area (Å²) in [6.07, 6.45) is 7.12. The summed E-state index contributed by atoms with van der Waals surface area (Å²) in [5.74, 6) is 0. The maximum absolute atomic E-state index is 9.49. The monoisotopic (exact) mass is 1880 g/mol. The van der Waals surface area contributed by atoms with Crippen LogP contribution in [0, 0.1) is 0 Å². The number of unbranched alkanes of at least 4 members (excludes halogenated alkanes) is 6. The number of rotatable bonds is 62. The minimum absolute atomic E-state index is 0.166. The second-order valence-electron chi connectivity index (χ2n) is 40.8. The van der Waals surface area contributed by atoms with Crippen LogP contribution in [0.2, 0.25) is 259 Å². The third-order valence-corrected chi connectivity index (χ3v) is 62.6. The van der Waals surface area contributed by atoms with Crippen LogP contribution in [0.4, 0.5) is 0 Å². The fourth-order valence-corrected chi connectivity index (χ4v) is 75.0. The Morgan fingerprint density at radius 2 is 0.381 bits per heavy atom. The first-order valence-electron chi connectivity index (χ1n) is 42.1. The highest BCUT2D eigenvalue weighted by Gasteiger charge is 2.45. The molecule has 0 spiro atoms. The van der Waals surface area contributed by atoms with E-state index in [-0.39, 0.29) is 52.9 Å². The van der Waals surface area contributed by atoms with Crippen LogP contribution in [-0.4, -0.2) is 306 Å². The fourth-order valence-electron chi connectivity index (χ4n) is 12.1. The van der Waals surface area contributed by atoms with Crippen molar-refractivity contribution in [3.05, 3.63) is 0 Å². The minimum atomic E-state index is -2.19. The van der Waals surface area contributed by atoms with E-state index in [2.05, 4.69) is 229 Å². The second kappa shape index (κ2) is 60.0. The summed E-state index contributed by atoms with van der Waals surface area (Å²) < 4.78 is 91.5. The van der Waals surface area contributed by atoms with Gasteiger partial charge in [-0.3, -0.25) is 0 Å². The van der Waals surface area contributed by atoms with Crippen molar-refractivity contribution in [2.75, 3.05) is 92.5 Å². The first-order chi connectivity index (χ1) is 50.7. The molecule has 0 aromatic rings. The third-order valence-electron chi connectivity index (χ3n) is 14.5. The van der Waals surface area contributed by atoms with E-state index in [0.29, 0.717) is 46.1 Å². The molecule has 0 aliphatic heterocycles. The van der Waals surface area contributed by atoms with Gasteiger partial charge in [0.05, 0.1) is 65.1 Å². The molecule has 0 fully saturated rings. The Hall–Kier alpha value is 2.25. The zero-order valence-electron chi connectivity index (χ0n) is 79.5. The van der Waals surface area contributed by atoms with E-state index in [9.17, 15) is 30.6 Å². The van der Waals surface area contributed by atoms with E-state index in [4.69, 9.17) is 85.3 Å². The Morgan fingerprint density at radius 1 is 0.204 bits per heavy atom. The van der Waals surface area contributed by atoms with Crippen LogP contribution >= 0.6 is 0 Å². The average Bonchev–Trinajstić information content (AvgIpc) is 0.866. The predicted molar refractivity (Wildman–Crippen MR) is 506 cm³/mol. The van der Waals surface area contributed by atoms with Crippen LogP contribution in [0.25, 0.3) is 0 Å². The molecule has 0 rings (SSSR count). The normalized spacial score (nSPS) is 15.3. The molecule has 0 aliphatic rings. The van der Waals surface area contributed by atoms with Crippen LogP contribution in [0.15, 0.2) is 0 Å². The second-order valence-corrected chi connectivity index (χ2v) is 105. The highest BCUT2D eigenvalue weighted by atomic mass is 28.5. The summed E-state index contributed by atoms with van der Waals surface area (Å²) in [5.41, 5.74) is 0. The predicted octanol–water partition coefficient (Wildman–Crippen LogP) is 15.7. The number of aliphatic hydroxyl groups excluding tert-OH is 10. The number of hydrogen-bond donors (Lipinski definition) is 10. The van der Waals surface area contributed by atoms with Gasteiger partial charge in [0.25, 0.3) is 0 Å². The van der Waals surface area contributed by atoms with Crippen LogP contribution in [0.5, 0.6) is 0 Å². The zero-order valence-corrected chi connectivity index (χ0v) is 94.5. The first kappa shape index (κ1) is 124. The lowest BCUT2D eigenvalue weighted by Crippen LogP contribution is -2.52. The molecule has 688 valence electrons. The van der Waals surface area contributed by atoms with Crippen molar-refractivity contribution in [3.8, 4) is 0 Å². The molecule has 0 saturated carbocycles. The summed E-state index contributed by atoms with van der Waals surface area (Å²) >= 11 is 0. The third kappa shape index (κ3) is 90.3. The van der Waals surface area contributed by atoms with E-state index in [1.807, 2.05) is 0 Å². The van der Waals surface area contributed by atoms with Crippen LogP contribution in [0.1, 0.15) is 84.0 Å². The van der Waals surface area contributed by atoms with E-state index < -0.39 is 163 Å². The SMILES string of the molecule is CC(O)C(O)COCCC[Si](C)(O[Si](C)(C)C)O[Si](C)(C)C.C[Si](C)(C)O[Si](C)(CCCCCCOCC(O)CO)O[Si](C)(C)C.C[Si](C)(C)O[Si](C)(CCCCCOCC(O)CO)O[Si](C)(C)C.C[Si](C)(C)O[Si](C)(CCCCOCC(O)CO)O[Si](C)(C)C.C[Si](C)(C)O[Si](C)(CCCOCCC(O)CO)O[Si](C)(C)C. The highest BCUT2D eigenvalue weighted by Crippen LogP contribution is 2.32. The van der Waals surface area contributed by atoms with Gasteiger partial charge in [-0.1, -0.05) is 32.1 Å². The summed E-state index contributed by atoms with van der Waals surface area (Å²) in [4.78, 5) is 0. The van der Waals surface area contributed by atoms with Crippen molar-refractivity contribution in [3.63, 3.8) is 0 Å². The first-order valence-corrected chi connectivity index (χ1v) is 88.8. The summed E-state index contributed by atoms with van der Waals surface area (Å²) in [6.45, 7) is 82.4. The van der Waals surface area contributed by atoms with Gasteiger partial charge < -0.3 is 116 Å². The van der Waals surface area contributed by atoms with Gasteiger partial charge in [-0.2, -0.15) is 0 Å². The van der Waals surface area contributed by atoms with Crippen LogP contribution < -0.4 is 0 Å². The number of aliphatic hydroxyl groups is 10. The molecule has 0 aromatic heterocycles. The Morgan fingerprint density at radius 3 is 0.602 bits per heavy atom.